The Kier molecular flexibility index (Phi) is 7.82. The zero-order valence-electron chi connectivity index (χ0n) is 13.4. The van der Waals surface area contributed by atoms with Gasteiger partial charge in [-0.15, -0.1) is 12.4 Å². The van der Waals surface area contributed by atoms with E-state index < -0.39 is 6.04 Å². The number of carbonyl (C=O) groups excluding carboxylic acids is 1. The fourth-order valence-corrected chi connectivity index (χ4v) is 2.38. The molecule has 0 aliphatic rings. The molecule has 2 aromatic carbocycles. The molecule has 6 heteroatoms. The molecule has 2 N–H and O–H groups in total. The van der Waals surface area contributed by atoms with E-state index in [1.54, 1.807) is 43.4 Å². The molecular weight excluding hydrogens is 334 g/mol. The predicted octanol–water partition coefficient (Wildman–Crippen LogP) is 3.31. The standard InChI is InChI=1S/C18H20F2N2O.ClH/c1-22(12-14-7-3-5-9-16(14)20)18(23)17(21)11-10-13-6-2-4-8-15(13)19;/h2-9,17H,10-12,21H2,1H3;1H. The lowest BCUT2D eigenvalue weighted by atomic mass is 10.0. The largest absolute Gasteiger partial charge is 0.340 e. The molecule has 2 rings (SSSR count). The number of benzene rings is 2. The molecule has 0 bridgehead atoms. The van der Waals surface area contributed by atoms with Gasteiger partial charge in [-0.1, -0.05) is 36.4 Å². The van der Waals surface area contributed by atoms with E-state index in [0.29, 0.717) is 24.0 Å². The number of amides is 1. The van der Waals surface area contributed by atoms with Crippen LogP contribution in [-0.2, 0) is 17.8 Å². The fraction of sp³-hybridized carbons (Fsp3) is 0.278. The lowest BCUT2D eigenvalue weighted by molar-refractivity contribution is -0.132. The molecule has 1 atom stereocenters. The summed E-state index contributed by atoms with van der Waals surface area (Å²) in [7, 11) is 1.58. The monoisotopic (exact) mass is 354 g/mol. The Labute approximate surface area is 146 Å². The van der Waals surface area contributed by atoms with Gasteiger partial charge in [-0.25, -0.2) is 8.78 Å². The second-order valence-corrected chi connectivity index (χ2v) is 5.52. The van der Waals surface area contributed by atoms with Gasteiger partial charge < -0.3 is 10.6 Å². The molecule has 3 nitrogen and oxygen atoms in total. The van der Waals surface area contributed by atoms with E-state index >= 15 is 0 Å². The highest BCUT2D eigenvalue weighted by molar-refractivity contribution is 5.85. The van der Waals surface area contributed by atoms with E-state index in [2.05, 4.69) is 0 Å². The van der Waals surface area contributed by atoms with Crippen LogP contribution >= 0.6 is 12.4 Å². The number of aryl methyl sites for hydroxylation is 1. The fourth-order valence-electron chi connectivity index (χ4n) is 2.38. The molecule has 0 aliphatic heterocycles. The maximum atomic E-state index is 13.6. The first-order valence-corrected chi connectivity index (χ1v) is 7.46. The van der Waals surface area contributed by atoms with Crippen molar-refractivity contribution in [2.75, 3.05) is 7.05 Å². The normalized spacial score (nSPS) is 11.5. The van der Waals surface area contributed by atoms with Crippen LogP contribution in [0.1, 0.15) is 17.5 Å². The first-order chi connectivity index (χ1) is 11.0. The predicted molar refractivity (Wildman–Crippen MR) is 92.8 cm³/mol. The van der Waals surface area contributed by atoms with Crippen LogP contribution < -0.4 is 5.73 Å². The number of carbonyl (C=O) groups is 1. The first-order valence-electron chi connectivity index (χ1n) is 7.46. The molecule has 0 fully saturated rings. The summed E-state index contributed by atoms with van der Waals surface area (Å²) in [6, 6.07) is 12.0. The Morgan fingerprint density at radius 2 is 1.54 bits per heavy atom. The highest BCUT2D eigenvalue weighted by Gasteiger charge is 2.19. The third-order valence-corrected chi connectivity index (χ3v) is 3.74. The van der Waals surface area contributed by atoms with Crippen LogP contribution in [0.2, 0.25) is 0 Å². The van der Waals surface area contributed by atoms with Crippen molar-refractivity contribution in [3.8, 4) is 0 Å². The molecule has 1 amide bonds. The van der Waals surface area contributed by atoms with Gasteiger partial charge >= 0.3 is 0 Å². The van der Waals surface area contributed by atoms with Gasteiger partial charge in [-0.3, -0.25) is 4.79 Å². The third-order valence-electron chi connectivity index (χ3n) is 3.74. The second-order valence-electron chi connectivity index (χ2n) is 5.52. The smallest absolute Gasteiger partial charge is 0.239 e. The molecule has 0 aromatic heterocycles. The number of nitrogens with zero attached hydrogens (tertiary/aromatic N) is 1. The summed E-state index contributed by atoms with van der Waals surface area (Å²) in [6.07, 6.45) is 0.717. The minimum Gasteiger partial charge on any atom is -0.340 e. The van der Waals surface area contributed by atoms with E-state index in [-0.39, 0.29) is 36.5 Å². The van der Waals surface area contributed by atoms with E-state index in [1.165, 1.54) is 17.0 Å². The van der Waals surface area contributed by atoms with Crippen molar-refractivity contribution in [3.63, 3.8) is 0 Å². The highest BCUT2D eigenvalue weighted by Crippen LogP contribution is 2.12. The van der Waals surface area contributed by atoms with Crippen LogP contribution in [0, 0.1) is 11.6 Å². The van der Waals surface area contributed by atoms with Gasteiger partial charge in [0.2, 0.25) is 5.91 Å². The summed E-state index contributed by atoms with van der Waals surface area (Å²) in [6.45, 7) is 0.152. The Hall–Kier alpha value is -1.98. The van der Waals surface area contributed by atoms with Crippen molar-refractivity contribution in [2.45, 2.75) is 25.4 Å². The number of nitrogens with two attached hydrogens (primary N) is 1. The molecule has 0 saturated heterocycles. The minimum absolute atomic E-state index is 0. The van der Waals surface area contributed by atoms with Gasteiger partial charge in [-0.05, 0) is 30.5 Å². The zero-order chi connectivity index (χ0) is 16.8. The summed E-state index contributed by atoms with van der Waals surface area (Å²) in [5.41, 5.74) is 6.87. The molecule has 0 saturated carbocycles. The van der Waals surface area contributed by atoms with Gasteiger partial charge in [0.1, 0.15) is 11.6 Å². The molecule has 0 radical (unpaired) electrons. The zero-order valence-corrected chi connectivity index (χ0v) is 14.2. The molecule has 2 aromatic rings. The lowest BCUT2D eigenvalue weighted by Gasteiger charge is -2.21. The Morgan fingerprint density at radius 3 is 2.08 bits per heavy atom. The number of halogens is 3. The topological polar surface area (TPSA) is 46.3 Å². The third kappa shape index (κ3) is 5.28. The van der Waals surface area contributed by atoms with E-state index in [0.717, 1.165) is 0 Å². The Balaban J connectivity index is 0.00000288. The van der Waals surface area contributed by atoms with Gasteiger partial charge in [0.15, 0.2) is 0 Å². The van der Waals surface area contributed by atoms with Crippen LogP contribution in [0.3, 0.4) is 0 Å². The van der Waals surface area contributed by atoms with Crippen LogP contribution in [0.5, 0.6) is 0 Å². The van der Waals surface area contributed by atoms with E-state index in [1.807, 2.05) is 0 Å². The van der Waals surface area contributed by atoms with Crippen molar-refractivity contribution in [2.24, 2.45) is 5.73 Å². The molecule has 0 spiro atoms. The van der Waals surface area contributed by atoms with Crippen molar-refractivity contribution < 1.29 is 13.6 Å². The maximum Gasteiger partial charge on any atom is 0.239 e. The van der Waals surface area contributed by atoms with Crippen LogP contribution in [0.4, 0.5) is 8.78 Å². The highest BCUT2D eigenvalue weighted by atomic mass is 35.5. The molecule has 24 heavy (non-hydrogen) atoms. The molecule has 0 heterocycles. The number of likely N-dealkylation sites (N-methyl/N-ethyl adjacent to an activating group) is 1. The number of hydrogen-bond acceptors (Lipinski definition) is 2. The van der Waals surface area contributed by atoms with Crippen molar-refractivity contribution in [1.82, 2.24) is 4.90 Å². The Morgan fingerprint density at radius 1 is 1.04 bits per heavy atom. The van der Waals surface area contributed by atoms with Gasteiger partial charge in [0.05, 0.1) is 6.04 Å². The van der Waals surface area contributed by atoms with Crippen LogP contribution in [-0.4, -0.2) is 23.9 Å². The summed E-state index contributed by atoms with van der Waals surface area (Å²) < 4.78 is 27.2. The summed E-state index contributed by atoms with van der Waals surface area (Å²) in [5.74, 6) is -0.941. The SMILES string of the molecule is CN(Cc1ccccc1F)C(=O)C(N)CCc1ccccc1F.Cl. The molecule has 0 aliphatic carbocycles. The van der Waals surface area contributed by atoms with Gasteiger partial charge in [0, 0.05) is 19.2 Å². The van der Waals surface area contributed by atoms with E-state index in [4.69, 9.17) is 5.73 Å². The number of hydrogen-bond donors (Lipinski definition) is 1. The quantitative estimate of drug-likeness (QED) is 0.865. The Bertz CT molecular complexity index is 682. The average molecular weight is 355 g/mol. The average Bonchev–Trinajstić information content (AvgIpc) is 2.55. The minimum atomic E-state index is -0.744. The van der Waals surface area contributed by atoms with E-state index in [9.17, 15) is 13.6 Å². The van der Waals surface area contributed by atoms with Crippen molar-refractivity contribution in [3.05, 3.63) is 71.3 Å². The summed E-state index contributed by atoms with van der Waals surface area (Å²) in [5, 5.41) is 0. The van der Waals surface area contributed by atoms with Gasteiger partial charge in [-0.2, -0.15) is 0 Å². The lowest BCUT2D eigenvalue weighted by Crippen LogP contribution is -2.41. The van der Waals surface area contributed by atoms with Gasteiger partial charge in [0.25, 0.3) is 0 Å². The first kappa shape index (κ1) is 20.1. The second kappa shape index (κ2) is 9.35. The molecular formula is C18H21ClF2N2O. The number of rotatable bonds is 6. The summed E-state index contributed by atoms with van der Waals surface area (Å²) >= 11 is 0. The molecule has 130 valence electrons. The van der Waals surface area contributed by atoms with Crippen LogP contribution in [0.15, 0.2) is 48.5 Å². The summed E-state index contributed by atoms with van der Waals surface area (Å²) in [4.78, 5) is 13.6. The van der Waals surface area contributed by atoms with Crippen molar-refractivity contribution >= 4 is 18.3 Å². The van der Waals surface area contributed by atoms with Crippen molar-refractivity contribution in [1.29, 1.82) is 0 Å². The molecule has 1 unspecified atom stereocenters. The van der Waals surface area contributed by atoms with Crippen LogP contribution in [0.25, 0.3) is 0 Å². The maximum absolute atomic E-state index is 13.6.